The van der Waals surface area contributed by atoms with Crippen LogP contribution in [0.15, 0.2) is 78.2 Å². The van der Waals surface area contributed by atoms with Gasteiger partial charge in [0, 0.05) is 22.7 Å². The number of benzene rings is 3. The van der Waals surface area contributed by atoms with Gasteiger partial charge in [0.25, 0.3) is 11.8 Å². The first-order valence-electron chi connectivity index (χ1n) is 10.6. The summed E-state index contributed by atoms with van der Waals surface area (Å²) in [6.07, 6.45) is 0. The number of nitrogens with zero attached hydrogens (tertiary/aromatic N) is 1. The monoisotopic (exact) mass is 489 g/mol. The van der Waals surface area contributed by atoms with Gasteiger partial charge in [0.1, 0.15) is 17.2 Å². The van der Waals surface area contributed by atoms with Crippen molar-refractivity contribution >= 4 is 34.0 Å². The predicted octanol–water partition coefficient (Wildman–Crippen LogP) is 5.10. The summed E-state index contributed by atoms with van der Waals surface area (Å²) in [6, 6.07) is 21.3. The molecule has 0 saturated heterocycles. The summed E-state index contributed by atoms with van der Waals surface area (Å²) in [7, 11) is 3.16. The van der Waals surface area contributed by atoms with Gasteiger partial charge in [-0.2, -0.15) is 0 Å². The third-order valence-corrected chi connectivity index (χ3v) is 5.72. The van der Waals surface area contributed by atoms with E-state index in [4.69, 9.17) is 14.2 Å². The second-order valence-electron chi connectivity index (χ2n) is 7.26. The van der Waals surface area contributed by atoms with Crippen molar-refractivity contribution in [2.75, 3.05) is 31.5 Å². The van der Waals surface area contributed by atoms with Crippen molar-refractivity contribution in [2.45, 2.75) is 0 Å². The zero-order valence-electron chi connectivity index (χ0n) is 19.1. The first-order valence-corrected chi connectivity index (χ1v) is 11.5. The molecule has 1 aromatic heterocycles. The summed E-state index contributed by atoms with van der Waals surface area (Å²) < 4.78 is 16.3. The van der Waals surface area contributed by atoms with Crippen molar-refractivity contribution in [3.8, 4) is 28.5 Å². The van der Waals surface area contributed by atoms with Crippen LogP contribution in [0.3, 0.4) is 0 Å². The van der Waals surface area contributed by atoms with Crippen molar-refractivity contribution in [2.24, 2.45) is 0 Å². The van der Waals surface area contributed by atoms with Gasteiger partial charge in [-0.1, -0.05) is 30.3 Å². The Morgan fingerprint density at radius 1 is 0.886 bits per heavy atom. The molecule has 3 aromatic carbocycles. The quantitative estimate of drug-likeness (QED) is 0.340. The van der Waals surface area contributed by atoms with E-state index in [1.54, 1.807) is 56.7 Å². The predicted molar refractivity (Wildman–Crippen MR) is 136 cm³/mol. The second kappa shape index (κ2) is 11.2. The Morgan fingerprint density at radius 2 is 1.66 bits per heavy atom. The van der Waals surface area contributed by atoms with E-state index in [0.717, 1.165) is 5.56 Å². The molecule has 0 aliphatic rings. The van der Waals surface area contributed by atoms with E-state index < -0.39 is 5.91 Å². The van der Waals surface area contributed by atoms with Crippen LogP contribution >= 0.6 is 11.3 Å². The van der Waals surface area contributed by atoms with Crippen LogP contribution in [0.2, 0.25) is 0 Å². The highest BCUT2D eigenvalue weighted by atomic mass is 32.1. The number of amides is 2. The van der Waals surface area contributed by atoms with Gasteiger partial charge in [-0.25, -0.2) is 4.98 Å². The third kappa shape index (κ3) is 5.96. The van der Waals surface area contributed by atoms with E-state index in [2.05, 4.69) is 15.6 Å². The smallest absolute Gasteiger partial charge is 0.264 e. The minimum atomic E-state index is -0.397. The normalized spacial score (nSPS) is 10.3. The number of thiazole rings is 1. The van der Waals surface area contributed by atoms with Gasteiger partial charge in [-0.15, -0.1) is 11.3 Å². The highest BCUT2D eigenvalue weighted by Crippen LogP contribution is 2.34. The van der Waals surface area contributed by atoms with Gasteiger partial charge in [0.15, 0.2) is 11.7 Å². The number of carbonyl (C=O) groups is 2. The van der Waals surface area contributed by atoms with Crippen molar-refractivity contribution in [1.82, 2.24) is 4.98 Å². The summed E-state index contributed by atoms with van der Waals surface area (Å²) in [5.74, 6) is 0.862. The summed E-state index contributed by atoms with van der Waals surface area (Å²) in [5.41, 5.74) is 2.43. The number of hydrogen-bond donors (Lipinski definition) is 2. The Bertz CT molecular complexity index is 1320. The molecule has 0 bridgehead atoms. The van der Waals surface area contributed by atoms with Crippen LogP contribution in [-0.2, 0) is 4.79 Å². The minimum Gasteiger partial charge on any atom is -0.497 e. The standard InChI is InChI=1S/C26H23N3O5S/c1-32-18-12-13-19(23(14-18)33-2)21-16-35-26(28-21)29-24(30)15-34-22-11-7-6-10-20(22)25(31)27-17-8-4-3-5-9-17/h3-14,16H,15H2,1-2H3,(H,27,31)(H,28,29,30). The topological polar surface area (TPSA) is 98.8 Å². The Hall–Kier alpha value is -4.37. The van der Waals surface area contributed by atoms with Crippen LogP contribution in [0.25, 0.3) is 11.3 Å². The van der Waals surface area contributed by atoms with Gasteiger partial charge < -0.3 is 19.5 Å². The van der Waals surface area contributed by atoms with Crippen LogP contribution in [0.1, 0.15) is 10.4 Å². The third-order valence-electron chi connectivity index (χ3n) is 4.96. The molecule has 2 N–H and O–H groups in total. The van der Waals surface area contributed by atoms with Crippen LogP contribution in [-0.4, -0.2) is 37.6 Å². The number of carbonyl (C=O) groups excluding carboxylic acids is 2. The molecule has 2 amide bonds. The molecule has 0 atom stereocenters. The summed E-state index contributed by atoms with van der Waals surface area (Å²) in [6.45, 7) is -0.281. The maximum Gasteiger partial charge on any atom is 0.264 e. The molecule has 0 spiro atoms. The maximum absolute atomic E-state index is 12.7. The van der Waals surface area contributed by atoms with Crippen molar-refractivity contribution < 1.29 is 23.8 Å². The lowest BCUT2D eigenvalue weighted by atomic mass is 10.1. The van der Waals surface area contributed by atoms with Crippen LogP contribution in [0.4, 0.5) is 10.8 Å². The van der Waals surface area contributed by atoms with E-state index in [0.29, 0.717) is 39.3 Å². The lowest BCUT2D eigenvalue weighted by molar-refractivity contribution is -0.118. The van der Waals surface area contributed by atoms with Crippen molar-refractivity contribution in [3.63, 3.8) is 0 Å². The molecule has 0 aliphatic heterocycles. The highest BCUT2D eigenvalue weighted by molar-refractivity contribution is 7.14. The Balaban J connectivity index is 1.39. The lowest BCUT2D eigenvalue weighted by Gasteiger charge is -2.11. The SMILES string of the molecule is COc1ccc(-c2csc(NC(=O)COc3ccccc3C(=O)Nc3ccccc3)n2)c(OC)c1. The van der Waals surface area contributed by atoms with Gasteiger partial charge in [0.05, 0.1) is 25.5 Å². The Kier molecular flexibility index (Phi) is 7.59. The number of ether oxygens (including phenoxy) is 3. The van der Waals surface area contributed by atoms with Crippen LogP contribution in [0, 0.1) is 0 Å². The van der Waals surface area contributed by atoms with Gasteiger partial charge in [-0.3, -0.25) is 14.9 Å². The van der Waals surface area contributed by atoms with Gasteiger partial charge in [-0.05, 0) is 36.4 Å². The number of methoxy groups -OCH3 is 2. The molecule has 0 saturated carbocycles. The molecule has 178 valence electrons. The van der Waals surface area contributed by atoms with Crippen LogP contribution in [0.5, 0.6) is 17.2 Å². The molecular weight excluding hydrogens is 466 g/mol. The molecular formula is C26H23N3O5S. The molecule has 0 fully saturated rings. The highest BCUT2D eigenvalue weighted by Gasteiger charge is 2.16. The average Bonchev–Trinajstić information content (AvgIpc) is 3.35. The fraction of sp³-hybridized carbons (Fsp3) is 0.115. The number of aromatic nitrogens is 1. The Labute approximate surface area is 206 Å². The molecule has 4 aromatic rings. The number of para-hydroxylation sites is 2. The number of nitrogens with one attached hydrogen (secondary N) is 2. The van der Waals surface area contributed by atoms with E-state index in [1.807, 2.05) is 35.7 Å². The van der Waals surface area contributed by atoms with E-state index in [1.165, 1.54) is 11.3 Å². The molecule has 4 rings (SSSR count). The summed E-state index contributed by atoms with van der Waals surface area (Å²) in [4.78, 5) is 29.7. The van der Waals surface area contributed by atoms with E-state index >= 15 is 0 Å². The van der Waals surface area contributed by atoms with E-state index in [9.17, 15) is 9.59 Å². The zero-order chi connectivity index (χ0) is 24.6. The molecule has 0 radical (unpaired) electrons. The van der Waals surface area contributed by atoms with Gasteiger partial charge in [0.2, 0.25) is 0 Å². The first-order chi connectivity index (χ1) is 17.1. The number of anilines is 2. The average molecular weight is 490 g/mol. The summed E-state index contributed by atoms with van der Waals surface area (Å²) >= 11 is 1.28. The van der Waals surface area contributed by atoms with Crippen molar-refractivity contribution in [1.29, 1.82) is 0 Å². The lowest BCUT2D eigenvalue weighted by Crippen LogP contribution is -2.21. The first kappa shape index (κ1) is 23.8. The van der Waals surface area contributed by atoms with E-state index in [-0.39, 0.29) is 12.5 Å². The minimum absolute atomic E-state index is 0.281. The second-order valence-corrected chi connectivity index (χ2v) is 8.12. The molecule has 0 aliphatic carbocycles. The Morgan fingerprint density at radius 3 is 2.43 bits per heavy atom. The molecule has 0 unspecified atom stereocenters. The number of rotatable bonds is 9. The summed E-state index contributed by atoms with van der Waals surface area (Å²) in [5, 5.41) is 7.78. The van der Waals surface area contributed by atoms with Crippen LogP contribution < -0.4 is 24.8 Å². The zero-order valence-corrected chi connectivity index (χ0v) is 19.9. The fourth-order valence-corrected chi connectivity index (χ4v) is 3.99. The maximum atomic E-state index is 12.7. The number of hydrogen-bond acceptors (Lipinski definition) is 7. The van der Waals surface area contributed by atoms with Gasteiger partial charge >= 0.3 is 0 Å². The fourth-order valence-electron chi connectivity index (χ4n) is 3.26. The molecule has 8 nitrogen and oxygen atoms in total. The molecule has 1 heterocycles. The molecule has 9 heteroatoms. The largest absolute Gasteiger partial charge is 0.497 e. The molecule has 35 heavy (non-hydrogen) atoms. The van der Waals surface area contributed by atoms with Crippen molar-refractivity contribution in [3.05, 3.63) is 83.7 Å².